The zero-order valence-electron chi connectivity index (χ0n) is 7.44. The van der Waals surface area contributed by atoms with Crippen LogP contribution in [0.4, 0.5) is 0 Å². The minimum atomic E-state index is 0.148. The normalized spacial score (nSPS) is 10.7. The van der Waals surface area contributed by atoms with Crippen LogP contribution in [-0.2, 0) is 0 Å². The van der Waals surface area contributed by atoms with E-state index >= 15 is 0 Å². The Hall–Kier alpha value is -0.550. The first-order valence-corrected chi connectivity index (χ1v) is 3.91. The number of hydrogen-bond donors (Lipinski definition) is 1. The molecule has 0 aromatic heterocycles. The van der Waals surface area contributed by atoms with Crippen LogP contribution in [0.3, 0.4) is 0 Å². The minimum absolute atomic E-state index is 0.148. The van der Waals surface area contributed by atoms with E-state index < -0.39 is 0 Å². The van der Waals surface area contributed by atoms with Crippen LogP contribution in [0.1, 0.15) is 27.7 Å². The van der Waals surface area contributed by atoms with Crippen LogP contribution < -0.4 is 5.32 Å². The summed E-state index contributed by atoms with van der Waals surface area (Å²) in [6, 6.07) is 2.14. The maximum Gasteiger partial charge on any atom is 0.0666 e. The predicted molar refractivity (Wildman–Crippen MR) is 44.7 cm³/mol. The highest BCUT2D eigenvalue weighted by molar-refractivity contribution is 4.79. The molecular formula is C8H18N2. The summed E-state index contributed by atoms with van der Waals surface area (Å²) in [6.07, 6.45) is 0. The van der Waals surface area contributed by atoms with Gasteiger partial charge in [-0.2, -0.15) is 5.26 Å². The fraction of sp³-hybridized carbons (Fsp3) is 0.875. The van der Waals surface area contributed by atoms with Crippen molar-refractivity contribution in [3.05, 3.63) is 0 Å². The summed E-state index contributed by atoms with van der Waals surface area (Å²) in [5.41, 5.74) is 0. The van der Waals surface area contributed by atoms with Crippen LogP contribution in [0.25, 0.3) is 0 Å². The van der Waals surface area contributed by atoms with Gasteiger partial charge < -0.3 is 5.32 Å². The lowest BCUT2D eigenvalue weighted by molar-refractivity contribution is 0.620. The third-order valence-corrected chi connectivity index (χ3v) is 0.921. The molecule has 1 unspecified atom stereocenters. The van der Waals surface area contributed by atoms with E-state index in [1.807, 2.05) is 27.7 Å². The Morgan fingerprint density at radius 1 is 1.50 bits per heavy atom. The fourth-order valence-electron chi connectivity index (χ4n) is 0.406. The highest BCUT2D eigenvalue weighted by Gasteiger charge is 1.93. The van der Waals surface area contributed by atoms with Crippen LogP contribution in [0.15, 0.2) is 0 Å². The Balaban J connectivity index is 0. The smallest absolute Gasteiger partial charge is 0.0666 e. The zero-order valence-corrected chi connectivity index (χ0v) is 7.44. The number of hydrogen-bond acceptors (Lipinski definition) is 2. The Labute approximate surface area is 64.2 Å². The third kappa shape index (κ3) is 10.4. The SMILES string of the molecule is CC.CCNCC(C)C#N. The summed E-state index contributed by atoms with van der Waals surface area (Å²) >= 11 is 0. The Bertz CT molecular complexity index is 83.7. The topological polar surface area (TPSA) is 35.8 Å². The zero-order chi connectivity index (χ0) is 8.41. The molecule has 0 rings (SSSR count). The van der Waals surface area contributed by atoms with Gasteiger partial charge in [0.1, 0.15) is 0 Å². The second-order valence-electron chi connectivity index (χ2n) is 1.84. The molecule has 60 valence electrons. The van der Waals surface area contributed by atoms with Crippen molar-refractivity contribution in [3.63, 3.8) is 0 Å². The first kappa shape index (κ1) is 12.2. The lowest BCUT2D eigenvalue weighted by atomic mass is 10.2. The quantitative estimate of drug-likeness (QED) is 0.652. The Morgan fingerprint density at radius 2 is 2.00 bits per heavy atom. The number of nitrogens with zero attached hydrogens (tertiary/aromatic N) is 1. The van der Waals surface area contributed by atoms with Crippen molar-refractivity contribution in [1.82, 2.24) is 5.32 Å². The Morgan fingerprint density at radius 3 is 2.30 bits per heavy atom. The molecule has 10 heavy (non-hydrogen) atoms. The molecule has 0 aliphatic carbocycles. The highest BCUT2D eigenvalue weighted by atomic mass is 14.8. The van der Waals surface area contributed by atoms with Gasteiger partial charge in [0.25, 0.3) is 0 Å². The van der Waals surface area contributed by atoms with Crippen LogP contribution in [0.5, 0.6) is 0 Å². The molecule has 0 aromatic carbocycles. The predicted octanol–water partition coefficient (Wildman–Crippen LogP) is 1.78. The second-order valence-corrected chi connectivity index (χ2v) is 1.84. The van der Waals surface area contributed by atoms with Crippen molar-refractivity contribution in [3.8, 4) is 6.07 Å². The van der Waals surface area contributed by atoms with Gasteiger partial charge in [-0.05, 0) is 13.5 Å². The summed E-state index contributed by atoms with van der Waals surface area (Å²) in [4.78, 5) is 0. The lowest BCUT2D eigenvalue weighted by Crippen LogP contribution is -2.19. The fourth-order valence-corrected chi connectivity index (χ4v) is 0.406. The maximum atomic E-state index is 8.27. The number of rotatable bonds is 3. The van der Waals surface area contributed by atoms with Crippen LogP contribution in [-0.4, -0.2) is 13.1 Å². The molecule has 0 saturated carbocycles. The molecule has 0 aliphatic rings. The third-order valence-electron chi connectivity index (χ3n) is 0.921. The van der Waals surface area contributed by atoms with Crippen molar-refractivity contribution in [2.45, 2.75) is 27.7 Å². The van der Waals surface area contributed by atoms with Crippen LogP contribution >= 0.6 is 0 Å². The van der Waals surface area contributed by atoms with Crippen molar-refractivity contribution < 1.29 is 0 Å². The van der Waals surface area contributed by atoms with E-state index in [2.05, 4.69) is 11.4 Å². The molecule has 0 amide bonds. The first-order valence-electron chi connectivity index (χ1n) is 3.91. The average Bonchev–Trinajstić information content (AvgIpc) is 2.04. The monoisotopic (exact) mass is 142 g/mol. The molecule has 0 bridgehead atoms. The van der Waals surface area contributed by atoms with Gasteiger partial charge in [0.2, 0.25) is 0 Å². The lowest BCUT2D eigenvalue weighted by Gasteiger charge is -1.99. The molecule has 1 atom stereocenters. The second kappa shape index (κ2) is 11.3. The van der Waals surface area contributed by atoms with Crippen molar-refractivity contribution in [1.29, 1.82) is 5.26 Å². The summed E-state index contributed by atoms with van der Waals surface area (Å²) in [5.74, 6) is 0.148. The van der Waals surface area contributed by atoms with Gasteiger partial charge >= 0.3 is 0 Å². The van der Waals surface area contributed by atoms with E-state index in [1.165, 1.54) is 0 Å². The largest absolute Gasteiger partial charge is 0.316 e. The van der Waals surface area contributed by atoms with E-state index in [9.17, 15) is 0 Å². The Kier molecular flexibility index (Phi) is 13.7. The maximum absolute atomic E-state index is 8.27. The standard InChI is InChI=1S/C6H12N2.C2H6/c1-3-8-5-6(2)4-7;1-2/h6,8H,3,5H2,1-2H3;1-2H3. The first-order chi connectivity index (χ1) is 4.81. The van der Waals surface area contributed by atoms with E-state index in [-0.39, 0.29) is 5.92 Å². The van der Waals surface area contributed by atoms with Gasteiger partial charge in [-0.25, -0.2) is 0 Å². The molecule has 0 spiro atoms. The van der Waals surface area contributed by atoms with E-state index in [0.717, 1.165) is 13.1 Å². The van der Waals surface area contributed by atoms with Crippen LogP contribution in [0.2, 0.25) is 0 Å². The van der Waals surface area contributed by atoms with Crippen molar-refractivity contribution in [2.24, 2.45) is 5.92 Å². The molecule has 2 nitrogen and oxygen atoms in total. The van der Waals surface area contributed by atoms with Crippen molar-refractivity contribution >= 4 is 0 Å². The molecule has 0 radical (unpaired) electrons. The van der Waals surface area contributed by atoms with Crippen molar-refractivity contribution in [2.75, 3.05) is 13.1 Å². The number of nitriles is 1. The van der Waals surface area contributed by atoms with Gasteiger partial charge in [-0.1, -0.05) is 20.8 Å². The van der Waals surface area contributed by atoms with E-state index in [0.29, 0.717) is 0 Å². The molecular weight excluding hydrogens is 124 g/mol. The van der Waals surface area contributed by atoms with Crippen LogP contribution in [0, 0.1) is 17.2 Å². The van der Waals surface area contributed by atoms with Gasteiger partial charge in [-0.15, -0.1) is 0 Å². The van der Waals surface area contributed by atoms with Gasteiger partial charge in [0, 0.05) is 6.54 Å². The molecule has 0 heterocycles. The molecule has 1 N–H and O–H groups in total. The summed E-state index contributed by atoms with van der Waals surface area (Å²) in [5, 5.41) is 11.3. The minimum Gasteiger partial charge on any atom is -0.316 e. The van der Waals surface area contributed by atoms with Gasteiger partial charge in [0.15, 0.2) is 0 Å². The molecule has 0 aromatic rings. The summed E-state index contributed by atoms with van der Waals surface area (Å²) < 4.78 is 0. The van der Waals surface area contributed by atoms with Gasteiger partial charge in [0.05, 0.1) is 12.0 Å². The number of nitrogens with one attached hydrogen (secondary N) is 1. The summed E-state index contributed by atoms with van der Waals surface area (Å²) in [7, 11) is 0. The van der Waals surface area contributed by atoms with Gasteiger partial charge in [-0.3, -0.25) is 0 Å². The summed E-state index contributed by atoms with van der Waals surface area (Å²) in [6.45, 7) is 9.70. The average molecular weight is 142 g/mol. The molecule has 2 heteroatoms. The molecule has 0 saturated heterocycles. The van der Waals surface area contributed by atoms with E-state index in [1.54, 1.807) is 0 Å². The highest BCUT2D eigenvalue weighted by Crippen LogP contribution is 1.85. The molecule has 0 aliphatic heterocycles. The molecule has 0 fully saturated rings. The van der Waals surface area contributed by atoms with E-state index in [4.69, 9.17) is 5.26 Å².